The molecular weight excluding hydrogens is 244 g/mol. The first-order valence-corrected chi connectivity index (χ1v) is 6.32. The quantitative estimate of drug-likeness (QED) is 0.887. The molecule has 0 radical (unpaired) electrons. The lowest BCUT2D eigenvalue weighted by Gasteiger charge is -2.04. The van der Waals surface area contributed by atoms with Crippen LogP contribution in [0.2, 0.25) is 0 Å². The van der Waals surface area contributed by atoms with Crippen LogP contribution in [0.5, 0.6) is 0 Å². The van der Waals surface area contributed by atoms with Crippen molar-refractivity contribution in [2.24, 2.45) is 0 Å². The summed E-state index contributed by atoms with van der Waals surface area (Å²) in [6, 6.07) is 4.00. The lowest BCUT2D eigenvalue weighted by Crippen LogP contribution is -2.16. The third kappa shape index (κ3) is 2.80. The maximum Gasteiger partial charge on any atom is 0.243 e. The van der Waals surface area contributed by atoms with E-state index in [9.17, 15) is 0 Å². The standard InChI is InChI=1S/C13H16N4O2/c1-18-10-7-11(15-8-10)13-16-12(17-19-13)6-9-2-4-14-5-3-9/h2-5,10-11,15H,6-8H2,1H3. The van der Waals surface area contributed by atoms with Crippen molar-refractivity contribution in [1.82, 2.24) is 20.4 Å². The van der Waals surface area contributed by atoms with Crippen molar-refractivity contribution in [3.05, 3.63) is 41.8 Å². The van der Waals surface area contributed by atoms with Gasteiger partial charge in [0.15, 0.2) is 5.82 Å². The van der Waals surface area contributed by atoms with Crippen molar-refractivity contribution in [2.75, 3.05) is 13.7 Å². The van der Waals surface area contributed by atoms with Crippen molar-refractivity contribution in [3.63, 3.8) is 0 Å². The van der Waals surface area contributed by atoms with Crippen molar-refractivity contribution >= 4 is 0 Å². The molecule has 1 saturated heterocycles. The molecule has 2 unspecified atom stereocenters. The fourth-order valence-electron chi connectivity index (χ4n) is 2.23. The van der Waals surface area contributed by atoms with E-state index in [1.807, 2.05) is 12.1 Å². The van der Waals surface area contributed by atoms with E-state index in [1.165, 1.54) is 0 Å². The molecule has 0 amide bonds. The summed E-state index contributed by atoms with van der Waals surface area (Å²) in [5.74, 6) is 1.34. The van der Waals surface area contributed by atoms with Crippen LogP contribution in [0, 0.1) is 0 Å². The van der Waals surface area contributed by atoms with Crippen molar-refractivity contribution in [3.8, 4) is 0 Å². The van der Waals surface area contributed by atoms with E-state index >= 15 is 0 Å². The summed E-state index contributed by atoms with van der Waals surface area (Å²) >= 11 is 0. The molecule has 0 aliphatic carbocycles. The molecule has 100 valence electrons. The van der Waals surface area contributed by atoms with Crippen molar-refractivity contribution in [2.45, 2.75) is 25.0 Å². The van der Waals surface area contributed by atoms with Gasteiger partial charge in [0, 0.05) is 32.5 Å². The number of pyridine rings is 1. The minimum absolute atomic E-state index is 0.101. The zero-order chi connectivity index (χ0) is 13.1. The summed E-state index contributed by atoms with van der Waals surface area (Å²) in [6.07, 6.45) is 5.27. The highest BCUT2D eigenvalue weighted by atomic mass is 16.5. The van der Waals surface area contributed by atoms with Crippen molar-refractivity contribution in [1.29, 1.82) is 0 Å². The van der Waals surface area contributed by atoms with E-state index < -0.39 is 0 Å². The lowest BCUT2D eigenvalue weighted by molar-refractivity contribution is 0.116. The van der Waals surface area contributed by atoms with Crippen LogP contribution >= 0.6 is 0 Å². The molecule has 0 saturated carbocycles. The molecule has 2 aromatic rings. The Bertz CT molecular complexity index is 528. The van der Waals surface area contributed by atoms with Crippen LogP contribution in [0.4, 0.5) is 0 Å². The van der Waals surface area contributed by atoms with Gasteiger partial charge in [-0.3, -0.25) is 4.98 Å². The predicted octanol–water partition coefficient (Wildman–Crippen LogP) is 1.10. The first kappa shape index (κ1) is 12.3. The summed E-state index contributed by atoms with van der Waals surface area (Å²) < 4.78 is 10.6. The Morgan fingerprint density at radius 3 is 3.00 bits per heavy atom. The molecule has 1 N–H and O–H groups in total. The van der Waals surface area contributed by atoms with E-state index in [1.54, 1.807) is 19.5 Å². The number of aromatic nitrogens is 3. The molecule has 3 rings (SSSR count). The monoisotopic (exact) mass is 260 g/mol. The Labute approximate surface area is 111 Å². The molecule has 1 fully saturated rings. The number of rotatable bonds is 4. The molecule has 19 heavy (non-hydrogen) atoms. The fourth-order valence-corrected chi connectivity index (χ4v) is 2.23. The van der Waals surface area contributed by atoms with Crippen LogP contribution in [0.1, 0.15) is 29.7 Å². The fraction of sp³-hybridized carbons (Fsp3) is 0.462. The molecular formula is C13H16N4O2. The van der Waals surface area contributed by atoms with Gasteiger partial charge in [0.1, 0.15) is 0 Å². The number of hydrogen-bond donors (Lipinski definition) is 1. The normalized spacial score (nSPS) is 22.8. The van der Waals surface area contributed by atoms with E-state index in [4.69, 9.17) is 9.26 Å². The Kier molecular flexibility index (Phi) is 3.52. The smallest absolute Gasteiger partial charge is 0.243 e. The molecule has 3 heterocycles. The van der Waals surface area contributed by atoms with Gasteiger partial charge in [-0.25, -0.2) is 0 Å². The van der Waals surface area contributed by atoms with E-state index in [0.29, 0.717) is 18.1 Å². The molecule has 6 nitrogen and oxygen atoms in total. The molecule has 0 spiro atoms. The number of hydrogen-bond acceptors (Lipinski definition) is 6. The molecule has 1 aliphatic rings. The Morgan fingerprint density at radius 2 is 2.26 bits per heavy atom. The average molecular weight is 260 g/mol. The molecule has 2 aromatic heterocycles. The molecule has 6 heteroatoms. The molecule has 0 aromatic carbocycles. The second-order valence-electron chi connectivity index (χ2n) is 4.64. The third-order valence-corrected chi connectivity index (χ3v) is 3.32. The highest BCUT2D eigenvalue weighted by molar-refractivity contribution is 5.15. The number of nitrogens with zero attached hydrogens (tertiary/aromatic N) is 3. The van der Waals surface area contributed by atoms with Crippen LogP contribution in [0.3, 0.4) is 0 Å². The van der Waals surface area contributed by atoms with Gasteiger partial charge in [-0.05, 0) is 24.1 Å². The van der Waals surface area contributed by atoms with Gasteiger partial charge in [-0.1, -0.05) is 5.16 Å². The van der Waals surface area contributed by atoms with Crippen LogP contribution < -0.4 is 5.32 Å². The summed E-state index contributed by atoms with van der Waals surface area (Å²) in [7, 11) is 1.72. The second kappa shape index (κ2) is 5.46. The predicted molar refractivity (Wildman–Crippen MR) is 67.5 cm³/mol. The first-order chi connectivity index (χ1) is 9.35. The van der Waals surface area contributed by atoms with Crippen LogP contribution in [0.15, 0.2) is 29.0 Å². The highest BCUT2D eigenvalue weighted by Gasteiger charge is 2.29. The Morgan fingerprint density at radius 1 is 1.42 bits per heavy atom. The van der Waals surface area contributed by atoms with Crippen LogP contribution in [-0.2, 0) is 11.2 Å². The minimum atomic E-state index is 0.101. The Balaban J connectivity index is 1.67. The largest absolute Gasteiger partial charge is 0.380 e. The third-order valence-electron chi connectivity index (χ3n) is 3.32. The summed E-state index contributed by atoms with van der Waals surface area (Å²) in [5, 5.41) is 7.34. The molecule has 0 bridgehead atoms. The zero-order valence-electron chi connectivity index (χ0n) is 10.7. The highest BCUT2D eigenvalue weighted by Crippen LogP contribution is 2.23. The van der Waals surface area contributed by atoms with Gasteiger partial charge in [-0.15, -0.1) is 0 Å². The number of methoxy groups -OCH3 is 1. The topological polar surface area (TPSA) is 73.1 Å². The molecule has 2 atom stereocenters. The Hall–Kier alpha value is -1.79. The summed E-state index contributed by atoms with van der Waals surface area (Å²) in [4.78, 5) is 8.42. The average Bonchev–Trinajstić information content (AvgIpc) is 3.08. The number of nitrogens with one attached hydrogen (secondary N) is 1. The van der Waals surface area contributed by atoms with Crippen LogP contribution in [0.25, 0.3) is 0 Å². The van der Waals surface area contributed by atoms with Gasteiger partial charge < -0.3 is 14.6 Å². The van der Waals surface area contributed by atoms with Gasteiger partial charge >= 0.3 is 0 Å². The minimum Gasteiger partial charge on any atom is -0.380 e. The first-order valence-electron chi connectivity index (χ1n) is 6.32. The maximum absolute atomic E-state index is 5.32. The second-order valence-corrected chi connectivity index (χ2v) is 4.64. The molecule has 1 aliphatic heterocycles. The SMILES string of the molecule is COC1CNC(c2nc(Cc3ccncc3)no2)C1. The summed E-state index contributed by atoms with van der Waals surface area (Å²) in [6.45, 7) is 0.823. The van der Waals surface area contributed by atoms with Gasteiger partial charge in [0.2, 0.25) is 5.89 Å². The zero-order valence-corrected chi connectivity index (χ0v) is 10.7. The summed E-state index contributed by atoms with van der Waals surface area (Å²) in [5.41, 5.74) is 1.12. The van der Waals surface area contributed by atoms with E-state index in [2.05, 4.69) is 20.4 Å². The van der Waals surface area contributed by atoms with E-state index in [-0.39, 0.29) is 12.1 Å². The van der Waals surface area contributed by atoms with Gasteiger partial charge in [0.25, 0.3) is 0 Å². The van der Waals surface area contributed by atoms with Gasteiger partial charge in [-0.2, -0.15) is 4.98 Å². The number of ether oxygens (including phenoxy) is 1. The lowest BCUT2D eigenvalue weighted by atomic mass is 10.2. The maximum atomic E-state index is 5.32. The van der Waals surface area contributed by atoms with Crippen LogP contribution in [-0.4, -0.2) is 34.9 Å². The van der Waals surface area contributed by atoms with Gasteiger partial charge in [0.05, 0.1) is 12.1 Å². The van der Waals surface area contributed by atoms with E-state index in [0.717, 1.165) is 18.5 Å². The van der Waals surface area contributed by atoms with Crippen molar-refractivity contribution < 1.29 is 9.26 Å².